The highest BCUT2D eigenvalue weighted by atomic mass is 16.6. The van der Waals surface area contributed by atoms with E-state index in [9.17, 15) is 9.59 Å². The number of nitrogens with zero attached hydrogens (tertiary/aromatic N) is 4. The van der Waals surface area contributed by atoms with Crippen LogP contribution in [0.15, 0.2) is 47.5 Å². The summed E-state index contributed by atoms with van der Waals surface area (Å²) in [5.41, 5.74) is 2.30. The number of ether oxygens (including phenoxy) is 1. The average Bonchev–Trinajstić information content (AvgIpc) is 2.70. The quantitative estimate of drug-likeness (QED) is 0.670. The van der Waals surface area contributed by atoms with Crippen LogP contribution in [0.5, 0.6) is 0 Å². The largest absolute Gasteiger partial charge is 0.444 e. The van der Waals surface area contributed by atoms with Crippen molar-refractivity contribution >= 4 is 17.1 Å². The van der Waals surface area contributed by atoms with Crippen molar-refractivity contribution in [2.75, 3.05) is 6.54 Å². The Balaban J connectivity index is 1.78. The minimum Gasteiger partial charge on any atom is -0.444 e. The monoisotopic (exact) mass is 392 g/mol. The highest BCUT2D eigenvalue weighted by Crippen LogP contribution is 2.25. The maximum Gasteiger partial charge on any atom is 0.410 e. The van der Waals surface area contributed by atoms with Gasteiger partial charge in [0.2, 0.25) is 0 Å². The Labute approximate surface area is 169 Å². The summed E-state index contributed by atoms with van der Waals surface area (Å²) in [6, 6.07) is 9.48. The van der Waals surface area contributed by atoms with Crippen LogP contribution in [0.25, 0.3) is 11.0 Å². The van der Waals surface area contributed by atoms with Crippen LogP contribution in [0.3, 0.4) is 0 Å². The summed E-state index contributed by atoms with van der Waals surface area (Å²) in [7, 11) is 0. The first kappa shape index (κ1) is 19.1. The first-order valence-electron chi connectivity index (χ1n) is 9.70. The summed E-state index contributed by atoms with van der Waals surface area (Å²) in [4.78, 5) is 36.4. The molecular weight excluding hydrogens is 368 g/mol. The number of carbonyl (C=O) groups excluding carboxylic acids is 1. The van der Waals surface area contributed by atoms with Crippen molar-refractivity contribution < 1.29 is 9.53 Å². The standard InChI is InChI=1S/C22H24N4O3/c1-22(2,3)29-21(28)25-12-9-16-17-8-6-11-24-19(17)26(20(27)18(16)14-25)13-15-7-4-5-10-23-15/h4-8,10-11H,9,12-14H2,1-3H3. The number of aromatic nitrogens is 3. The van der Waals surface area contributed by atoms with Crippen LogP contribution in [0.1, 0.15) is 37.6 Å². The van der Waals surface area contributed by atoms with E-state index in [0.717, 1.165) is 16.6 Å². The molecule has 1 amide bonds. The van der Waals surface area contributed by atoms with E-state index in [1.165, 1.54) is 0 Å². The molecule has 0 aromatic carbocycles. The van der Waals surface area contributed by atoms with E-state index in [-0.39, 0.29) is 12.1 Å². The van der Waals surface area contributed by atoms with E-state index in [0.29, 0.717) is 30.7 Å². The molecule has 1 aliphatic rings. The lowest BCUT2D eigenvalue weighted by Gasteiger charge is -2.31. The zero-order valence-electron chi connectivity index (χ0n) is 16.9. The Morgan fingerprint density at radius 1 is 1.10 bits per heavy atom. The second kappa shape index (κ2) is 7.31. The van der Waals surface area contributed by atoms with Gasteiger partial charge in [-0.05, 0) is 57.0 Å². The van der Waals surface area contributed by atoms with Gasteiger partial charge >= 0.3 is 6.09 Å². The van der Waals surface area contributed by atoms with Gasteiger partial charge in [0.1, 0.15) is 11.2 Å². The molecule has 150 valence electrons. The van der Waals surface area contributed by atoms with Crippen molar-refractivity contribution in [3.63, 3.8) is 0 Å². The van der Waals surface area contributed by atoms with Crippen LogP contribution in [-0.4, -0.2) is 37.7 Å². The van der Waals surface area contributed by atoms with E-state index >= 15 is 0 Å². The van der Waals surface area contributed by atoms with Crippen molar-refractivity contribution in [1.29, 1.82) is 0 Å². The zero-order valence-corrected chi connectivity index (χ0v) is 16.9. The molecule has 0 aliphatic carbocycles. The molecule has 3 aromatic rings. The van der Waals surface area contributed by atoms with Crippen LogP contribution in [0.2, 0.25) is 0 Å². The molecule has 4 heterocycles. The third-order valence-electron chi connectivity index (χ3n) is 4.91. The van der Waals surface area contributed by atoms with Gasteiger partial charge in [-0.2, -0.15) is 0 Å². The van der Waals surface area contributed by atoms with Crippen molar-refractivity contribution in [2.24, 2.45) is 0 Å². The van der Waals surface area contributed by atoms with Gasteiger partial charge in [-0.15, -0.1) is 0 Å². The molecule has 7 nitrogen and oxygen atoms in total. The summed E-state index contributed by atoms with van der Waals surface area (Å²) in [6.45, 7) is 6.57. The van der Waals surface area contributed by atoms with E-state index in [1.807, 2.05) is 51.1 Å². The minimum atomic E-state index is -0.580. The average molecular weight is 392 g/mol. The first-order valence-corrected chi connectivity index (χ1v) is 9.70. The Kier molecular flexibility index (Phi) is 4.82. The molecule has 0 N–H and O–H groups in total. The number of hydrogen-bond donors (Lipinski definition) is 0. The smallest absolute Gasteiger partial charge is 0.410 e. The second-order valence-electron chi connectivity index (χ2n) is 8.20. The molecule has 4 rings (SSSR count). The minimum absolute atomic E-state index is 0.134. The van der Waals surface area contributed by atoms with Crippen LogP contribution in [0, 0.1) is 0 Å². The Hall–Kier alpha value is -3.22. The molecule has 0 radical (unpaired) electrons. The van der Waals surface area contributed by atoms with Gasteiger partial charge in [-0.1, -0.05) is 6.07 Å². The Morgan fingerprint density at radius 2 is 1.90 bits per heavy atom. The number of pyridine rings is 3. The van der Waals surface area contributed by atoms with Crippen molar-refractivity contribution in [1.82, 2.24) is 19.4 Å². The van der Waals surface area contributed by atoms with E-state index < -0.39 is 11.7 Å². The normalized spacial score (nSPS) is 14.0. The third-order valence-corrected chi connectivity index (χ3v) is 4.91. The van der Waals surface area contributed by atoms with E-state index in [1.54, 1.807) is 21.9 Å². The molecule has 1 aliphatic heterocycles. The van der Waals surface area contributed by atoms with Gasteiger partial charge in [0.25, 0.3) is 5.56 Å². The van der Waals surface area contributed by atoms with Crippen LogP contribution >= 0.6 is 0 Å². The summed E-state index contributed by atoms with van der Waals surface area (Å²) < 4.78 is 7.15. The van der Waals surface area contributed by atoms with Gasteiger partial charge in [0.15, 0.2) is 0 Å². The molecule has 0 saturated carbocycles. The van der Waals surface area contributed by atoms with Gasteiger partial charge < -0.3 is 9.64 Å². The van der Waals surface area contributed by atoms with E-state index in [2.05, 4.69) is 9.97 Å². The molecule has 0 unspecified atom stereocenters. The lowest BCUT2D eigenvalue weighted by atomic mass is 9.97. The summed E-state index contributed by atoms with van der Waals surface area (Å²) in [5, 5.41) is 0.946. The van der Waals surface area contributed by atoms with Gasteiger partial charge in [0, 0.05) is 29.9 Å². The molecule has 0 spiro atoms. The highest BCUT2D eigenvalue weighted by Gasteiger charge is 2.29. The molecule has 3 aromatic heterocycles. The first-order chi connectivity index (χ1) is 13.8. The second-order valence-corrected chi connectivity index (χ2v) is 8.20. The van der Waals surface area contributed by atoms with Crippen LogP contribution < -0.4 is 5.56 Å². The SMILES string of the molecule is CC(C)(C)OC(=O)N1CCc2c(c(=O)n(Cc3ccccn3)c3ncccc23)C1. The number of carbonyl (C=O) groups is 1. The van der Waals surface area contributed by atoms with Gasteiger partial charge in [-0.25, -0.2) is 9.78 Å². The molecule has 0 atom stereocenters. The topological polar surface area (TPSA) is 77.3 Å². The molecular formula is C22H24N4O3. The van der Waals surface area contributed by atoms with E-state index in [4.69, 9.17) is 4.74 Å². The zero-order chi connectivity index (χ0) is 20.6. The molecule has 0 fully saturated rings. The van der Waals surface area contributed by atoms with Gasteiger partial charge in [0.05, 0.1) is 18.8 Å². The summed E-state index contributed by atoms with van der Waals surface area (Å²) in [6.07, 6.45) is 3.60. The predicted molar refractivity (Wildman–Crippen MR) is 110 cm³/mol. The van der Waals surface area contributed by atoms with Crippen molar-refractivity contribution in [3.8, 4) is 0 Å². The number of rotatable bonds is 2. The fraction of sp³-hybridized carbons (Fsp3) is 0.364. The predicted octanol–water partition coefficient (Wildman–Crippen LogP) is 3.13. The Morgan fingerprint density at radius 3 is 2.62 bits per heavy atom. The number of hydrogen-bond acceptors (Lipinski definition) is 5. The number of amides is 1. The van der Waals surface area contributed by atoms with Gasteiger partial charge in [-0.3, -0.25) is 14.3 Å². The van der Waals surface area contributed by atoms with Crippen LogP contribution in [0.4, 0.5) is 4.79 Å². The molecule has 0 bridgehead atoms. The maximum absolute atomic E-state index is 13.4. The van der Waals surface area contributed by atoms with Crippen LogP contribution in [-0.2, 0) is 24.2 Å². The molecule has 0 saturated heterocycles. The third kappa shape index (κ3) is 3.85. The summed E-state index contributed by atoms with van der Waals surface area (Å²) in [5.74, 6) is 0. The fourth-order valence-corrected chi connectivity index (χ4v) is 3.65. The van der Waals surface area contributed by atoms with Crippen molar-refractivity contribution in [3.05, 3.63) is 69.9 Å². The molecule has 29 heavy (non-hydrogen) atoms. The summed E-state index contributed by atoms with van der Waals surface area (Å²) >= 11 is 0. The lowest BCUT2D eigenvalue weighted by molar-refractivity contribution is 0.0223. The molecule has 7 heteroatoms. The highest BCUT2D eigenvalue weighted by molar-refractivity contribution is 5.81. The lowest BCUT2D eigenvalue weighted by Crippen LogP contribution is -2.43. The number of fused-ring (bicyclic) bond motifs is 3. The fourth-order valence-electron chi connectivity index (χ4n) is 3.65. The van der Waals surface area contributed by atoms with Crippen molar-refractivity contribution in [2.45, 2.75) is 45.9 Å². The maximum atomic E-state index is 13.4. The Bertz CT molecular complexity index is 1120.